The van der Waals surface area contributed by atoms with Gasteiger partial charge >= 0.3 is 17.9 Å². The van der Waals surface area contributed by atoms with Gasteiger partial charge in [0.2, 0.25) is 0 Å². The normalized spacial score (nSPS) is 12.3. The van der Waals surface area contributed by atoms with E-state index < -0.39 is 6.10 Å². The Labute approximate surface area is 473 Å². The van der Waals surface area contributed by atoms with E-state index in [-0.39, 0.29) is 31.1 Å². The van der Waals surface area contributed by atoms with Crippen molar-refractivity contribution in [2.24, 2.45) is 0 Å². The van der Waals surface area contributed by atoms with Gasteiger partial charge in [-0.1, -0.05) is 307 Å². The number of rotatable bonds is 62. The van der Waals surface area contributed by atoms with Gasteiger partial charge < -0.3 is 14.2 Å². The number of allylic oxidation sites excluding steroid dienone is 8. The quantitative estimate of drug-likeness (QED) is 0.0261. The Morgan fingerprint density at radius 1 is 0.263 bits per heavy atom. The van der Waals surface area contributed by atoms with E-state index in [1.54, 1.807) is 0 Å². The van der Waals surface area contributed by atoms with Crippen LogP contribution >= 0.6 is 0 Å². The molecule has 444 valence electrons. The lowest BCUT2D eigenvalue weighted by molar-refractivity contribution is -0.167. The SMILES string of the molecule is CCCCC/C=C\C/C=C\CCCCCCCCCCCC(=O)OC(COC(=O)CCCCCCCC)COC(=O)CCCCCCCCCCCCCCCCCCCCCCC/C=C\C/C=C\CCCCCCC. The average Bonchev–Trinajstić information content (AvgIpc) is 3.42. The Morgan fingerprint density at radius 2 is 0.474 bits per heavy atom. The third-order valence-electron chi connectivity index (χ3n) is 15.1. The van der Waals surface area contributed by atoms with Gasteiger partial charge in [0.1, 0.15) is 13.2 Å². The number of ether oxygens (including phenoxy) is 3. The Morgan fingerprint density at radius 3 is 0.750 bits per heavy atom. The Bertz CT molecular complexity index is 1310. The second-order valence-electron chi connectivity index (χ2n) is 22.7. The van der Waals surface area contributed by atoms with Crippen molar-refractivity contribution in [1.29, 1.82) is 0 Å². The molecule has 0 heterocycles. The highest BCUT2D eigenvalue weighted by Gasteiger charge is 2.19. The Balaban J connectivity index is 3.95. The molecule has 0 N–H and O–H groups in total. The molecule has 0 bridgehead atoms. The molecular formula is C70H128O6. The van der Waals surface area contributed by atoms with Gasteiger partial charge in [-0.2, -0.15) is 0 Å². The zero-order chi connectivity index (χ0) is 55.0. The lowest BCUT2D eigenvalue weighted by Crippen LogP contribution is -2.30. The standard InChI is InChI=1S/C70H128O6/c1-4-7-10-13-16-18-20-22-24-26-28-29-30-31-32-33-34-35-36-37-38-39-40-41-43-44-46-48-50-52-54-57-60-63-69(72)75-66-67(65-74-68(71)62-59-56-15-12-9-6-3)76-70(73)64-61-58-55-53-51-49-47-45-42-27-25-23-21-19-17-14-11-8-5-2/h17,19-20,22-23,25-26,28,67H,4-16,18,21,24,27,29-66H2,1-3H3/b19-17-,22-20-,25-23-,28-26-. The highest BCUT2D eigenvalue weighted by atomic mass is 16.6. The van der Waals surface area contributed by atoms with Gasteiger partial charge in [-0.05, 0) is 83.5 Å². The van der Waals surface area contributed by atoms with E-state index in [1.165, 1.54) is 250 Å². The molecule has 0 spiro atoms. The molecule has 0 aliphatic heterocycles. The summed E-state index contributed by atoms with van der Waals surface area (Å²) < 4.78 is 16.8. The third kappa shape index (κ3) is 62.2. The average molecular weight is 1070 g/mol. The van der Waals surface area contributed by atoms with Crippen LogP contribution < -0.4 is 0 Å². The van der Waals surface area contributed by atoms with Crippen molar-refractivity contribution in [3.8, 4) is 0 Å². The first-order valence-corrected chi connectivity index (χ1v) is 33.6. The Hall–Kier alpha value is -2.63. The van der Waals surface area contributed by atoms with Crippen molar-refractivity contribution in [2.45, 2.75) is 367 Å². The fourth-order valence-corrected chi connectivity index (χ4v) is 9.98. The third-order valence-corrected chi connectivity index (χ3v) is 15.1. The summed E-state index contributed by atoms with van der Waals surface area (Å²) in [4.78, 5) is 38.0. The van der Waals surface area contributed by atoms with Crippen molar-refractivity contribution in [3.05, 3.63) is 48.6 Å². The van der Waals surface area contributed by atoms with Crippen molar-refractivity contribution >= 4 is 17.9 Å². The molecule has 0 aliphatic carbocycles. The molecule has 1 unspecified atom stereocenters. The molecule has 6 heteroatoms. The van der Waals surface area contributed by atoms with Crippen LogP contribution in [0.5, 0.6) is 0 Å². The number of unbranched alkanes of at least 4 members (excludes halogenated alkanes) is 43. The molecule has 0 aliphatic rings. The number of hydrogen-bond donors (Lipinski definition) is 0. The van der Waals surface area contributed by atoms with Crippen LogP contribution in [0.3, 0.4) is 0 Å². The molecule has 0 aromatic heterocycles. The van der Waals surface area contributed by atoms with E-state index in [4.69, 9.17) is 14.2 Å². The maximum atomic E-state index is 12.8. The molecule has 0 radical (unpaired) electrons. The summed E-state index contributed by atoms with van der Waals surface area (Å²) in [7, 11) is 0. The fraction of sp³-hybridized carbons (Fsp3) is 0.843. The molecule has 0 aromatic rings. The highest BCUT2D eigenvalue weighted by Crippen LogP contribution is 2.18. The zero-order valence-electron chi connectivity index (χ0n) is 51.0. The fourth-order valence-electron chi connectivity index (χ4n) is 9.98. The second kappa shape index (κ2) is 64.9. The minimum Gasteiger partial charge on any atom is -0.462 e. The Kier molecular flexibility index (Phi) is 62.6. The summed E-state index contributed by atoms with van der Waals surface area (Å²) in [5.74, 6) is -0.865. The van der Waals surface area contributed by atoms with Gasteiger partial charge in [0.15, 0.2) is 6.10 Å². The van der Waals surface area contributed by atoms with Crippen LogP contribution in [0, 0.1) is 0 Å². The maximum absolute atomic E-state index is 12.8. The van der Waals surface area contributed by atoms with Crippen LogP contribution in [0.15, 0.2) is 48.6 Å². The predicted molar refractivity (Wildman–Crippen MR) is 330 cm³/mol. The summed E-state index contributed by atoms with van der Waals surface area (Å²) in [6.45, 7) is 6.59. The highest BCUT2D eigenvalue weighted by molar-refractivity contribution is 5.71. The van der Waals surface area contributed by atoms with E-state index in [9.17, 15) is 14.4 Å². The lowest BCUT2D eigenvalue weighted by Gasteiger charge is -2.18. The smallest absolute Gasteiger partial charge is 0.306 e. The number of hydrogen-bond acceptors (Lipinski definition) is 6. The monoisotopic (exact) mass is 1060 g/mol. The lowest BCUT2D eigenvalue weighted by atomic mass is 10.0. The van der Waals surface area contributed by atoms with E-state index in [0.29, 0.717) is 19.3 Å². The minimum atomic E-state index is -0.770. The van der Waals surface area contributed by atoms with Gasteiger partial charge in [-0.25, -0.2) is 0 Å². The van der Waals surface area contributed by atoms with E-state index >= 15 is 0 Å². The van der Waals surface area contributed by atoms with Crippen LogP contribution in [-0.2, 0) is 28.6 Å². The van der Waals surface area contributed by atoms with Crippen LogP contribution in [0.4, 0.5) is 0 Å². The van der Waals surface area contributed by atoms with Crippen molar-refractivity contribution in [3.63, 3.8) is 0 Å². The number of esters is 3. The summed E-state index contributed by atoms with van der Waals surface area (Å²) in [5, 5.41) is 0. The van der Waals surface area contributed by atoms with E-state index in [0.717, 1.165) is 70.6 Å². The molecule has 6 nitrogen and oxygen atoms in total. The number of carbonyl (C=O) groups is 3. The molecular weight excluding hydrogens is 937 g/mol. The van der Waals surface area contributed by atoms with Crippen LogP contribution in [0.1, 0.15) is 361 Å². The topological polar surface area (TPSA) is 78.9 Å². The van der Waals surface area contributed by atoms with Gasteiger partial charge in [-0.15, -0.1) is 0 Å². The van der Waals surface area contributed by atoms with Gasteiger partial charge in [0, 0.05) is 19.3 Å². The van der Waals surface area contributed by atoms with Crippen LogP contribution in [0.2, 0.25) is 0 Å². The minimum absolute atomic E-state index is 0.0705. The molecule has 0 rings (SSSR count). The second-order valence-corrected chi connectivity index (χ2v) is 22.7. The zero-order valence-corrected chi connectivity index (χ0v) is 51.0. The first kappa shape index (κ1) is 73.4. The first-order valence-electron chi connectivity index (χ1n) is 33.6. The van der Waals surface area contributed by atoms with E-state index in [1.807, 2.05) is 0 Å². The van der Waals surface area contributed by atoms with Crippen LogP contribution in [-0.4, -0.2) is 37.2 Å². The maximum Gasteiger partial charge on any atom is 0.306 e. The summed E-state index contributed by atoms with van der Waals surface area (Å²) in [5.41, 5.74) is 0. The number of carbonyl (C=O) groups excluding carboxylic acids is 3. The molecule has 0 saturated carbocycles. The predicted octanol–water partition coefficient (Wildman–Crippen LogP) is 22.9. The van der Waals surface area contributed by atoms with E-state index in [2.05, 4.69) is 69.4 Å². The van der Waals surface area contributed by atoms with Gasteiger partial charge in [-0.3, -0.25) is 14.4 Å². The largest absolute Gasteiger partial charge is 0.462 e. The molecule has 76 heavy (non-hydrogen) atoms. The summed E-state index contributed by atoms with van der Waals surface area (Å²) in [6, 6.07) is 0. The molecule has 0 fully saturated rings. The summed E-state index contributed by atoms with van der Waals surface area (Å²) >= 11 is 0. The summed E-state index contributed by atoms with van der Waals surface area (Å²) in [6.07, 6.45) is 81.8. The van der Waals surface area contributed by atoms with Crippen LogP contribution in [0.25, 0.3) is 0 Å². The van der Waals surface area contributed by atoms with Gasteiger partial charge in [0.05, 0.1) is 0 Å². The molecule has 1 atom stereocenters. The van der Waals surface area contributed by atoms with Gasteiger partial charge in [0.25, 0.3) is 0 Å². The van der Waals surface area contributed by atoms with Crippen molar-refractivity contribution < 1.29 is 28.6 Å². The van der Waals surface area contributed by atoms with Crippen molar-refractivity contribution in [1.82, 2.24) is 0 Å². The first-order chi connectivity index (χ1) is 37.5. The van der Waals surface area contributed by atoms with Crippen molar-refractivity contribution in [2.75, 3.05) is 13.2 Å². The molecule has 0 aromatic carbocycles. The molecule has 0 saturated heterocycles. The molecule has 0 amide bonds.